The minimum absolute atomic E-state index is 0.0556. The molecule has 1 rings (SSSR count). The van der Waals surface area contributed by atoms with Gasteiger partial charge in [0.15, 0.2) is 0 Å². The predicted octanol–water partition coefficient (Wildman–Crippen LogP) is 2.11. The maximum absolute atomic E-state index is 11.9. The summed E-state index contributed by atoms with van der Waals surface area (Å²) in [5, 5.41) is 12.1. The molecule has 1 aromatic heterocycles. The van der Waals surface area contributed by atoms with Gasteiger partial charge in [-0.25, -0.2) is 0 Å². The van der Waals surface area contributed by atoms with E-state index in [9.17, 15) is 9.90 Å². The Morgan fingerprint density at radius 1 is 1.53 bits per heavy atom. The second kappa shape index (κ2) is 5.36. The molecule has 0 saturated heterocycles. The van der Waals surface area contributed by atoms with Gasteiger partial charge < -0.3 is 14.8 Å². The van der Waals surface area contributed by atoms with E-state index in [-0.39, 0.29) is 24.0 Å². The molecule has 1 amide bonds. The number of nitrogens with one attached hydrogen (secondary N) is 1. The quantitative estimate of drug-likeness (QED) is 0.846. The average Bonchev–Trinajstić information content (AvgIpc) is 2.61. The van der Waals surface area contributed by atoms with Crippen LogP contribution >= 0.6 is 0 Å². The van der Waals surface area contributed by atoms with Crippen LogP contribution in [0, 0.1) is 12.3 Å². The summed E-state index contributed by atoms with van der Waals surface area (Å²) in [4.78, 5) is 11.9. The molecule has 0 fully saturated rings. The number of aryl methyl sites for hydroxylation is 1. The third kappa shape index (κ3) is 4.23. The Labute approximate surface area is 102 Å². The topological polar surface area (TPSA) is 62.5 Å². The molecule has 0 saturated carbocycles. The molecule has 0 aliphatic carbocycles. The van der Waals surface area contributed by atoms with Gasteiger partial charge in [0.1, 0.15) is 5.76 Å². The van der Waals surface area contributed by atoms with Gasteiger partial charge in [0.2, 0.25) is 0 Å². The molecule has 1 aromatic rings. The number of aliphatic hydroxyl groups excluding tert-OH is 1. The van der Waals surface area contributed by atoms with Gasteiger partial charge in [-0.2, -0.15) is 0 Å². The lowest BCUT2D eigenvalue weighted by Gasteiger charge is -2.25. The first-order valence-corrected chi connectivity index (χ1v) is 5.79. The Kier molecular flexibility index (Phi) is 4.34. The fraction of sp³-hybridized carbons (Fsp3) is 0.615. The van der Waals surface area contributed by atoms with Crippen LogP contribution in [0.25, 0.3) is 0 Å². The Hall–Kier alpha value is -1.29. The van der Waals surface area contributed by atoms with E-state index in [1.165, 1.54) is 6.26 Å². The average molecular weight is 239 g/mol. The minimum atomic E-state index is -0.225. The summed E-state index contributed by atoms with van der Waals surface area (Å²) in [5.41, 5.74) is 0.587. The molecule has 0 aromatic carbocycles. The van der Waals surface area contributed by atoms with Gasteiger partial charge in [-0.1, -0.05) is 20.8 Å². The molecule has 0 aliphatic rings. The van der Waals surface area contributed by atoms with E-state index in [0.717, 1.165) is 6.42 Å². The number of aliphatic hydroxyl groups is 1. The van der Waals surface area contributed by atoms with Gasteiger partial charge in [-0.15, -0.1) is 0 Å². The number of hydrogen-bond donors (Lipinski definition) is 2. The highest BCUT2D eigenvalue weighted by atomic mass is 16.3. The van der Waals surface area contributed by atoms with Crippen molar-refractivity contribution in [3.8, 4) is 0 Å². The first kappa shape index (κ1) is 13.8. The lowest BCUT2D eigenvalue weighted by molar-refractivity contribution is 0.0896. The van der Waals surface area contributed by atoms with Gasteiger partial charge in [0.05, 0.1) is 24.5 Å². The summed E-state index contributed by atoms with van der Waals surface area (Å²) in [6.45, 7) is 7.91. The van der Waals surface area contributed by atoms with Crippen LogP contribution in [-0.4, -0.2) is 23.7 Å². The van der Waals surface area contributed by atoms with Crippen molar-refractivity contribution in [3.05, 3.63) is 23.7 Å². The molecule has 96 valence electrons. The zero-order valence-electron chi connectivity index (χ0n) is 10.9. The Morgan fingerprint density at radius 2 is 2.18 bits per heavy atom. The number of furan rings is 1. The third-order valence-electron chi connectivity index (χ3n) is 2.52. The highest BCUT2D eigenvalue weighted by Crippen LogP contribution is 2.21. The molecular weight excluding hydrogens is 218 g/mol. The summed E-state index contributed by atoms with van der Waals surface area (Å²) >= 11 is 0. The van der Waals surface area contributed by atoms with Crippen molar-refractivity contribution >= 4 is 5.91 Å². The van der Waals surface area contributed by atoms with Crippen molar-refractivity contribution in [3.63, 3.8) is 0 Å². The minimum Gasteiger partial charge on any atom is -0.469 e. The summed E-state index contributed by atoms with van der Waals surface area (Å²) in [7, 11) is 0. The fourth-order valence-electron chi connectivity index (χ4n) is 1.78. The number of carbonyl (C=O) groups excluding carboxylic acids is 1. The maximum atomic E-state index is 11.9. The molecule has 4 nitrogen and oxygen atoms in total. The molecule has 17 heavy (non-hydrogen) atoms. The summed E-state index contributed by atoms with van der Waals surface area (Å²) in [6.07, 6.45) is 2.22. The van der Waals surface area contributed by atoms with Gasteiger partial charge in [-0.05, 0) is 24.8 Å². The summed E-state index contributed by atoms with van der Waals surface area (Å²) in [5.74, 6) is 0.398. The zero-order valence-corrected chi connectivity index (χ0v) is 10.9. The second-order valence-corrected chi connectivity index (χ2v) is 5.51. The number of amides is 1. The van der Waals surface area contributed by atoms with Crippen molar-refractivity contribution < 1.29 is 14.3 Å². The normalized spacial score (nSPS) is 13.5. The van der Waals surface area contributed by atoms with Crippen LogP contribution in [0.1, 0.15) is 43.3 Å². The molecule has 1 unspecified atom stereocenters. The Bertz CT molecular complexity index is 376. The summed E-state index contributed by atoms with van der Waals surface area (Å²) < 4.78 is 5.08. The number of carbonyl (C=O) groups is 1. The van der Waals surface area contributed by atoms with Crippen LogP contribution < -0.4 is 5.32 Å². The first-order chi connectivity index (χ1) is 7.83. The molecule has 0 bridgehead atoms. The molecule has 4 heteroatoms. The van der Waals surface area contributed by atoms with Gasteiger partial charge in [0.25, 0.3) is 5.91 Å². The molecule has 0 aliphatic heterocycles. The lowest BCUT2D eigenvalue weighted by atomic mass is 9.88. The first-order valence-electron chi connectivity index (χ1n) is 5.79. The van der Waals surface area contributed by atoms with Gasteiger partial charge >= 0.3 is 0 Å². The number of rotatable bonds is 4. The van der Waals surface area contributed by atoms with Crippen LogP contribution in [0.3, 0.4) is 0 Å². The predicted molar refractivity (Wildman–Crippen MR) is 65.9 cm³/mol. The molecular formula is C13H21NO3. The van der Waals surface area contributed by atoms with Crippen LogP contribution in [0.15, 0.2) is 16.7 Å². The fourth-order valence-corrected chi connectivity index (χ4v) is 1.78. The molecule has 2 N–H and O–H groups in total. The van der Waals surface area contributed by atoms with Crippen molar-refractivity contribution in [2.75, 3.05) is 6.61 Å². The molecule has 1 atom stereocenters. The largest absolute Gasteiger partial charge is 0.469 e. The van der Waals surface area contributed by atoms with Gasteiger partial charge in [0, 0.05) is 0 Å². The van der Waals surface area contributed by atoms with E-state index in [1.54, 1.807) is 13.0 Å². The van der Waals surface area contributed by atoms with E-state index >= 15 is 0 Å². The molecule has 0 spiro atoms. The highest BCUT2D eigenvalue weighted by molar-refractivity contribution is 5.95. The third-order valence-corrected chi connectivity index (χ3v) is 2.52. The van der Waals surface area contributed by atoms with Crippen molar-refractivity contribution in [2.45, 2.75) is 40.2 Å². The van der Waals surface area contributed by atoms with E-state index in [0.29, 0.717) is 11.3 Å². The van der Waals surface area contributed by atoms with E-state index in [4.69, 9.17) is 4.42 Å². The smallest absolute Gasteiger partial charge is 0.255 e. The van der Waals surface area contributed by atoms with Gasteiger partial charge in [-0.3, -0.25) is 4.79 Å². The maximum Gasteiger partial charge on any atom is 0.255 e. The standard InChI is InChI=1S/C13H21NO3/c1-9-11(5-6-17-9)12(16)14-10(8-15)7-13(2,3)4/h5-6,10,15H,7-8H2,1-4H3,(H,14,16). The van der Waals surface area contributed by atoms with E-state index in [2.05, 4.69) is 26.1 Å². The van der Waals surface area contributed by atoms with Crippen LogP contribution in [0.2, 0.25) is 0 Å². The van der Waals surface area contributed by atoms with E-state index in [1.807, 2.05) is 0 Å². The van der Waals surface area contributed by atoms with Crippen molar-refractivity contribution in [1.29, 1.82) is 0 Å². The monoisotopic (exact) mass is 239 g/mol. The molecule has 1 heterocycles. The second-order valence-electron chi connectivity index (χ2n) is 5.51. The SMILES string of the molecule is Cc1occc1C(=O)NC(CO)CC(C)(C)C. The van der Waals surface area contributed by atoms with Crippen LogP contribution in [0.4, 0.5) is 0 Å². The zero-order chi connectivity index (χ0) is 13.1. The van der Waals surface area contributed by atoms with Crippen LogP contribution in [-0.2, 0) is 0 Å². The Balaban J connectivity index is 2.63. The van der Waals surface area contributed by atoms with Crippen molar-refractivity contribution in [2.24, 2.45) is 5.41 Å². The summed E-state index contributed by atoms with van der Waals surface area (Å²) in [6, 6.07) is 1.41. The van der Waals surface area contributed by atoms with Crippen molar-refractivity contribution in [1.82, 2.24) is 5.32 Å². The van der Waals surface area contributed by atoms with E-state index < -0.39 is 0 Å². The van der Waals surface area contributed by atoms with Crippen LogP contribution in [0.5, 0.6) is 0 Å². The molecule has 0 radical (unpaired) electrons. The Morgan fingerprint density at radius 3 is 2.59 bits per heavy atom. The highest BCUT2D eigenvalue weighted by Gasteiger charge is 2.21. The number of hydrogen-bond acceptors (Lipinski definition) is 3. The lowest BCUT2D eigenvalue weighted by Crippen LogP contribution is -2.40.